The van der Waals surface area contributed by atoms with E-state index in [-0.39, 0.29) is 11.7 Å². The molecule has 0 radical (unpaired) electrons. The fourth-order valence-corrected chi connectivity index (χ4v) is 5.38. The Hall–Kier alpha value is -3.86. The molecular weight excluding hydrogens is 487 g/mol. The second kappa shape index (κ2) is 9.46. The third kappa shape index (κ3) is 4.30. The van der Waals surface area contributed by atoms with Crippen LogP contribution in [0, 0.1) is 5.82 Å². The van der Waals surface area contributed by atoms with Gasteiger partial charge in [0.05, 0.1) is 34.4 Å². The maximum atomic E-state index is 13.7. The molecule has 2 aliphatic rings. The topological polar surface area (TPSA) is 104 Å². The van der Waals surface area contributed by atoms with Gasteiger partial charge in [-0.15, -0.1) is 0 Å². The number of anilines is 2. The van der Waals surface area contributed by atoms with Gasteiger partial charge in [-0.3, -0.25) is 9.20 Å². The molecule has 1 saturated heterocycles. The van der Waals surface area contributed by atoms with Crippen molar-refractivity contribution in [2.45, 2.75) is 31.5 Å². The molecule has 3 aromatic heterocycles. The van der Waals surface area contributed by atoms with Gasteiger partial charge in [0, 0.05) is 62.5 Å². The molecular formula is C28H29FN6O3. The van der Waals surface area contributed by atoms with Crippen LogP contribution >= 0.6 is 0 Å². The summed E-state index contributed by atoms with van der Waals surface area (Å²) in [5.41, 5.74) is 4.75. The maximum Gasteiger partial charge on any atom is 0.254 e. The lowest BCUT2D eigenvalue weighted by Gasteiger charge is -2.34. The highest BCUT2D eigenvalue weighted by atomic mass is 19.1. The van der Waals surface area contributed by atoms with Crippen LogP contribution in [0.4, 0.5) is 15.9 Å². The van der Waals surface area contributed by atoms with Crippen molar-refractivity contribution in [3.63, 3.8) is 0 Å². The highest BCUT2D eigenvalue weighted by molar-refractivity contribution is 6.06. The normalized spacial score (nSPS) is 16.6. The predicted octanol–water partition coefficient (Wildman–Crippen LogP) is 3.58. The third-order valence-electron chi connectivity index (χ3n) is 7.24. The van der Waals surface area contributed by atoms with E-state index >= 15 is 0 Å². The quantitative estimate of drug-likeness (QED) is 0.360. The molecule has 38 heavy (non-hydrogen) atoms. The Morgan fingerprint density at radius 2 is 2.03 bits per heavy atom. The molecule has 196 valence electrons. The van der Waals surface area contributed by atoms with Gasteiger partial charge in [0.2, 0.25) is 0 Å². The number of ether oxygens (including phenoxy) is 1. The van der Waals surface area contributed by atoms with E-state index in [0.29, 0.717) is 61.9 Å². The number of aliphatic hydroxyl groups is 1. The second-order valence-corrected chi connectivity index (χ2v) is 10.1. The van der Waals surface area contributed by atoms with Crippen LogP contribution in [0.2, 0.25) is 0 Å². The molecule has 1 fully saturated rings. The zero-order valence-corrected chi connectivity index (χ0v) is 21.3. The smallest absolute Gasteiger partial charge is 0.254 e. The predicted molar refractivity (Wildman–Crippen MR) is 141 cm³/mol. The highest BCUT2D eigenvalue weighted by Gasteiger charge is 2.35. The first-order valence-electron chi connectivity index (χ1n) is 12.6. The lowest BCUT2D eigenvalue weighted by molar-refractivity contribution is -0.0688. The van der Waals surface area contributed by atoms with Crippen LogP contribution in [0.15, 0.2) is 48.8 Å². The molecule has 0 aliphatic carbocycles. The average molecular weight is 517 g/mol. The van der Waals surface area contributed by atoms with Crippen molar-refractivity contribution in [3.05, 3.63) is 77.0 Å². The van der Waals surface area contributed by atoms with E-state index in [1.807, 2.05) is 47.7 Å². The average Bonchev–Trinajstić information content (AvgIpc) is 3.48. The molecule has 5 heterocycles. The van der Waals surface area contributed by atoms with Crippen molar-refractivity contribution in [1.82, 2.24) is 24.6 Å². The van der Waals surface area contributed by atoms with E-state index in [1.165, 1.54) is 12.1 Å². The van der Waals surface area contributed by atoms with Crippen LogP contribution < -0.4 is 10.6 Å². The summed E-state index contributed by atoms with van der Waals surface area (Å²) >= 11 is 0. The Labute approximate surface area is 219 Å². The summed E-state index contributed by atoms with van der Waals surface area (Å²) in [6, 6.07) is 10.3. The zero-order valence-electron chi connectivity index (χ0n) is 21.3. The number of aromatic nitrogens is 3. The van der Waals surface area contributed by atoms with E-state index in [4.69, 9.17) is 9.72 Å². The van der Waals surface area contributed by atoms with Gasteiger partial charge in [0.25, 0.3) is 5.91 Å². The largest absolute Gasteiger partial charge is 0.385 e. The molecule has 4 aromatic rings. The molecule has 0 unspecified atom stereocenters. The minimum Gasteiger partial charge on any atom is -0.385 e. The minimum absolute atomic E-state index is 0.175. The van der Waals surface area contributed by atoms with E-state index in [1.54, 1.807) is 12.4 Å². The van der Waals surface area contributed by atoms with Crippen LogP contribution in [0.3, 0.4) is 0 Å². The molecule has 0 saturated carbocycles. The number of hydrogen-bond donors (Lipinski definition) is 3. The molecule has 0 bridgehead atoms. The van der Waals surface area contributed by atoms with Gasteiger partial charge in [-0.2, -0.15) is 0 Å². The molecule has 0 atom stereocenters. The number of imidazole rings is 1. The van der Waals surface area contributed by atoms with E-state index in [2.05, 4.69) is 15.6 Å². The monoisotopic (exact) mass is 516 g/mol. The number of amides is 1. The molecule has 2 aliphatic heterocycles. The molecule has 0 spiro atoms. The Morgan fingerprint density at radius 1 is 1.21 bits per heavy atom. The summed E-state index contributed by atoms with van der Waals surface area (Å²) < 4.78 is 21.0. The van der Waals surface area contributed by atoms with Gasteiger partial charge < -0.3 is 25.4 Å². The molecule has 3 N–H and O–H groups in total. The van der Waals surface area contributed by atoms with Crippen LogP contribution in [0.1, 0.15) is 40.0 Å². The van der Waals surface area contributed by atoms with Crippen molar-refractivity contribution >= 4 is 23.1 Å². The molecule has 10 heteroatoms. The number of halogens is 1. The minimum atomic E-state index is -0.977. The number of nitrogens with zero attached hydrogens (tertiary/aromatic N) is 4. The molecule has 6 rings (SSSR count). The summed E-state index contributed by atoms with van der Waals surface area (Å²) in [6.45, 7) is 1.95. The van der Waals surface area contributed by atoms with Crippen molar-refractivity contribution < 1.29 is 19.0 Å². The Balaban J connectivity index is 1.38. The molecule has 9 nitrogen and oxygen atoms in total. The summed E-state index contributed by atoms with van der Waals surface area (Å²) in [5.74, 6) is 0.0550. The van der Waals surface area contributed by atoms with Crippen LogP contribution in [-0.2, 0) is 23.4 Å². The lowest BCUT2D eigenvalue weighted by atomic mass is 9.85. The first-order valence-corrected chi connectivity index (χ1v) is 12.6. The second-order valence-electron chi connectivity index (χ2n) is 10.1. The molecule has 1 amide bonds. The first-order chi connectivity index (χ1) is 18.3. The number of hydrogen-bond acceptors (Lipinski definition) is 7. The number of carbonyl (C=O) groups is 1. The fraction of sp³-hybridized carbons (Fsp3) is 0.321. The van der Waals surface area contributed by atoms with Crippen LogP contribution in [-0.4, -0.2) is 57.6 Å². The standard InChI is InChI=1S/C28H29FN6O3/c1-34(2)16-22-20(28(37)8-11-38-12-9-28)4-6-24(33-22)32-21-5-3-18(19-14-31-27(36)26(19)21)23-15-30-25-13-17(29)7-10-35(23)25/h3-7,10,13,15,37H,8-9,11-12,14,16H2,1-2H3,(H,31,36)(H,32,33). The van der Waals surface area contributed by atoms with Crippen molar-refractivity contribution in [2.75, 3.05) is 32.6 Å². The highest BCUT2D eigenvalue weighted by Crippen LogP contribution is 2.37. The number of rotatable bonds is 6. The van der Waals surface area contributed by atoms with Gasteiger partial charge in [0.1, 0.15) is 17.3 Å². The maximum absolute atomic E-state index is 13.7. The number of benzene rings is 1. The van der Waals surface area contributed by atoms with Crippen LogP contribution in [0.5, 0.6) is 0 Å². The molecule has 1 aromatic carbocycles. The van der Waals surface area contributed by atoms with E-state index in [9.17, 15) is 14.3 Å². The summed E-state index contributed by atoms with van der Waals surface area (Å²) in [7, 11) is 3.92. The van der Waals surface area contributed by atoms with Gasteiger partial charge in [-0.25, -0.2) is 14.4 Å². The van der Waals surface area contributed by atoms with Gasteiger partial charge >= 0.3 is 0 Å². The summed E-state index contributed by atoms with van der Waals surface area (Å²) in [4.78, 5) is 24.1. The first kappa shape index (κ1) is 24.5. The van der Waals surface area contributed by atoms with Crippen molar-refractivity contribution in [3.8, 4) is 11.3 Å². The summed E-state index contributed by atoms with van der Waals surface area (Å²) in [5, 5.41) is 17.6. The SMILES string of the molecule is CN(C)Cc1nc(Nc2ccc(-c3cnc4cc(F)ccn34)c3c2C(=O)NC3)ccc1C1(O)CCOCC1. The summed E-state index contributed by atoms with van der Waals surface area (Å²) in [6.07, 6.45) is 4.37. The van der Waals surface area contributed by atoms with Crippen molar-refractivity contribution in [2.24, 2.45) is 0 Å². The lowest BCUT2D eigenvalue weighted by Crippen LogP contribution is -2.35. The van der Waals surface area contributed by atoms with Gasteiger partial charge in [-0.05, 0) is 37.9 Å². The fourth-order valence-electron chi connectivity index (χ4n) is 5.38. The van der Waals surface area contributed by atoms with E-state index in [0.717, 1.165) is 28.1 Å². The Kier molecular flexibility index (Phi) is 6.10. The van der Waals surface area contributed by atoms with Crippen molar-refractivity contribution in [1.29, 1.82) is 0 Å². The van der Waals surface area contributed by atoms with Gasteiger partial charge in [-0.1, -0.05) is 12.1 Å². The van der Waals surface area contributed by atoms with E-state index < -0.39 is 5.60 Å². The zero-order chi connectivity index (χ0) is 26.4. The third-order valence-corrected chi connectivity index (χ3v) is 7.24. The number of carbonyl (C=O) groups excluding carboxylic acids is 1. The van der Waals surface area contributed by atoms with Crippen LogP contribution in [0.25, 0.3) is 16.9 Å². The Bertz CT molecular complexity index is 1540. The number of pyridine rings is 2. The van der Waals surface area contributed by atoms with Gasteiger partial charge in [0.15, 0.2) is 0 Å². The number of fused-ring (bicyclic) bond motifs is 2. The number of nitrogens with one attached hydrogen (secondary N) is 2. The Morgan fingerprint density at radius 3 is 2.82 bits per heavy atom.